The molecule has 20 heavy (non-hydrogen) atoms. The summed E-state index contributed by atoms with van der Waals surface area (Å²) in [5.74, 6) is -0.712. The average Bonchev–Trinajstić information content (AvgIpc) is 2.38. The van der Waals surface area contributed by atoms with E-state index in [1.54, 1.807) is 6.92 Å². The predicted octanol–water partition coefficient (Wildman–Crippen LogP) is 3.16. The van der Waals surface area contributed by atoms with Gasteiger partial charge in [-0.25, -0.2) is 4.79 Å². The van der Waals surface area contributed by atoms with Crippen LogP contribution in [-0.4, -0.2) is 17.6 Å². The zero-order valence-corrected chi connectivity index (χ0v) is 11.4. The Kier molecular flexibility index (Phi) is 5.26. The standard InChI is InChI=1S/C13H12F3NO2S/c1-3-19-12(18)11(20)17-8(2)9-4-6-10(7-5-9)13(14,15)16/h4-7H,2-3H2,1H3,(H,17,20). The van der Waals surface area contributed by atoms with Gasteiger partial charge in [0.25, 0.3) is 0 Å². The highest BCUT2D eigenvalue weighted by Crippen LogP contribution is 2.29. The Hall–Kier alpha value is -1.89. The molecule has 108 valence electrons. The zero-order chi connectivity index (χ0) is 15.3. The number of benzene rings is 1. The van der Waals surface area contributed by atoms with Crippen LogP contribution in [0.1, 0.15) is 18.1 Å². The molecular formula is C13H12F3NO2S. The molecule has 1 aromatic carbocycles. The number of halogens is 3. The highest BCUT2D eigenvalue weighted by Gasteiger charge is 2.30. The monoisotopic (exact) mass is 303 g/mol. The quantitative estimate of drug-likeness (QED) is 0.687. The van der Waals surface area contributed by atoms with Crippen LogP contribution in [0.25, 0.3) is 5.70 Å². The molecule has 0 heterocycles. The number of nitrogens with one attached hydrogen (secondary N) is 1. The van der Waals surface area contributed by atoms with Crippen molar-refractivity contribution >= 4 is 28.9 Å². The summed E-state index contributed by atoms with van der Waals surface area (Å²) in [6, 6.07) is 4.34. The third-order valence-electron chi connectivity index (χ3n) is 2.29. The van der Waals surface area contributed by atoms with E-state index in [2.05, 4.69) is 16.6 Å². The summed E-state index contributed by atoms with van der Waals surface area (Å²) in [7, 11) is 0. The van der Waals surface area contributed by atoms with Crippen LogP contribution in [-0.2, 0) is 15.7 Å². The first kappa shape index (κ1) is 16.2. The zero-order valence-electron chi connectivity index (χ0n) is 10.6. The van der Waals surface area contributed by atoms with E-state index in [1.807, 2.05) is 0 Å². The van der Waals surface area contributed by atoms with E-state index < -0.39 is 17.7 Å². The lowest BCUT2D eigenvalue weighted by Gasteiger charge is -2.11. The van der Waals surface area contributed by atoms with Gasteiger partial charge in [-0.2, -0.15) is 13.2 Å². The van der Waals surface area contributed by atoms with Gasteiger partial charge in [-0.3, -0.25) is 0 Å². The van der Waals surface area contributed by atoms with E-state index in [9.17, 15) is 18.0 Å². The van der Waals surface area contributed by atoms with E-state index in [1.165, 1.54) is 12.1 Å². The van der Waals surface area contributed by atoms with E-state index in [4.69, 9.17) is 12.2 Å². The number of thiocarbonyl (C=S) groups is 1. The summed E-state index contributed by atoms with van der Waals surface area (Å²) < 4.78 is 41.9. The number of carbonyl (C=O) groups excluding carboxylic acids is 1. The van der Waals surface area contributed by atoms with Crippen LogP contribution in [0.15, 0.2) is 30.8 Å². The maximum atomic E-state index is 12.4. The molecule has 0 saturated heterocycles. The molecule has 0 aliphatic carbocycles. The van der Waals surface area contributed by atoms with Gasteiger partial charge in [0.2, 0.25) is 0 Å². The first-order valence-electron chi connectivity index (χ1n) is 5.60. The van der Waals surface area contributed by atoms with Gasteiger partial charge in [0.05, 0.1) is 12.2 Å². The minimum atomic E-state index is -4.40. The summed E-state index contributed by atoms with van der Waals surface area (Å²) in [4.78, 5) is 11.1. The Morgan fingerprint density at radius 3 is 2.35 bits per heavy atom. The normalized spacial score (nSPS) is 10.8. The van der Waals surface area contributed by atoms with E-state index in [0.29, 0.717) is 5.56 Å². The van der Waals surface area contributed by atoms with Crippen molar-refractivity contribution in [3.05, 3.63) is 42.0 Å². The van der Waals surface area contributed by atoms with Crippen molar-refractivity contribution in [2.24, 2.45) is 0 Å². The van der Waals surface area contributed by atoms with E-state index in [0.717, 1.165) is 12.1 Å². The van der Waals surface area contributed by atoms with E-state index >= 15 is 0 Å². The summed E-state index contributed by atoms with van der Waals surface area (Å²) >= 11 is 4.78. The molecule has 0 aliphatic rings. The van der Waals surface area contributed by atoms with Gasteiger partial charge in [0, 0.05) is 5.70 Å². The topological polar surface area (TPSA) is 38.3 Å². The van der Waals surface area contributed by atoms with Crippen molar-refractivity contribution in [2.45, 2.75) is 13.1 Å². The van der Waals surface area contributed by atoms with Gasteiger partial charge >= 0.3 is 12.1 Å². The van der Waals surface area contributed by atoms with Crippen LogP contribution in [0, 0.1) is 0 Å². The third-order valence-corrected chi connectivity index (χ3v) is 2.55. The molecule has 0 saturated carbocycles. The Morgan fingerprint density at radius 2 is 1.90 bits per heavy atom. The number of hydrogen-bond donors (Lipinski definition) is 1. The largest absolute Gasteiger partial charge is 0.461 e. The van der Waals surface area contributed by atoms with Crippen molar-refractivity contribution in [3.8, 4) is 0 Å². The minimum absolute atomic E-state index is 0.174. The fourth-order valence-electron chi connectivity index (χ4n) is 1.32. The lowest BCUT2D eigenvalue weighted by Crippen LogP contribution is -2.29. The molecule has 0 aliphatic heterocycles. The van der Waals surface area contributed by atoms with Gasteiger partial charge in [-0.15, -0.1) is 0 Å². The summed E-state index contributed by atoms with van der Waals surface area (Å²) in [5, 5.41) is 2.52. The van der Waals surface area contributed by atoms with Gasteiger partial charge in [-0.1, -0.05) is 30.9 Å². The number of ether oxygens (including phenoxy) is 1. The highest BCUT2D eigenvalue weighted by atomic mass is 32.1. The number of esters is 1. The smallest absolute Gasteiger partial charge is 0.416 e. The van der Waals surface area contributed by atoms with Crippen molar-refractivity contribution in [1.29, 1.82) is 0 Å². The molecule has 1 N–H and O–H groups in total. The Bertz CT molecular complexity index is 523. The molecular weight excluding hydrogens is 291 g/mol. The number of alkyl halides is 3. The first-order valence-corrected chi connectivity index (χ1v) is 6.01. The van der Waals surface area contributed by atoms with Crippen LogP contribution in [0.5, 0.6) is 0 Å². The van der Waals surface area contributed by atoms with Crippen LogP contribution in [0.3, 0.4) is 0 Å². The SMILES string of the molecule is C=C(NC(=S)C(=O)OCC)c1ccc(C(F)(F)F)cc1. The van der Waals surface area contributed by atoms with Crippen molar-refractivity contribution < 1.29 is 22.7 Å². The maximum Gasteiger partial charge on any atom is 0.416 e. The number of hydrogen-bond acceptors (Lipinski definition) is 3. The lowest BCUT2D eigenvalue weighted by atomic mass is 10.1. The molecule has 0 atom stereocenters. The summed E-state index contributed by atoms with van der Waals surface area (Å²) in [6.07, 6.45) is -4.40. The van der Waals surface area contributed by atoms with Gasteiger partial charge in [0.15, 0.2) is 4.99 Å². The molecule has 0 bridgehead atoms. The lowest BCUT2D eigenvalue weighted by molar-refractivity contribution is -0.137. The van der Waals surface area contributed by atoms with Gasteiger partial charge < -0.3 is 10.1 Å². The number of carbonyl (C=O) groups is 1. The van der Waals surface area contributed by atoms with Crippen LogP contribution < -0.4 is 5.32 Å². The van der Waals surface area contributed by atoms with Crippen LogP contribution in [0.2, 0.25) is 0 Å². The average molecular weight is 303 g/mol. The highest BCUT2D eigenvalue weighted by molar-refractivity contribution is 7.82. The molecule has 0 amide bonds. The summed E-state index contributed by atoms with van der Waals surface area (Å²) in [5.41, 5.74) is -0.150. The fraction of sp³-hybridized carbons (Fsp3) is 0.231. The van der Waals surface area contributed by atoms with Crippen molar-refractivity contribution in [2.75, 3.05) is 6.61 Å². The first-order chi connectivity index (χ1) is 9.25. The molecule has 0 unspecified atom stereocenters. The Balaban J connectivity index is 2.74. The Morgan fingerprint density at radius 1 is 1.35 bits per heavy atom. The molecule has 0 radical (unpaired) electrons. The molecule has 0 fully saturated rings. The molecule has 3 nitrogen and oxygen atoms in total. The molecule has 7 heteroatoms. The van der Waals surface area contributed by atoms with Crippen LogP contribution >= 0.6 is 12.2 Å². The molecule has 1 rings (SSSR count). The van der Waals surface area contributed by atoms with Crippen LogP contribution in [0.4, 0.5) is 13.2 Å². The van der Waals surface area contributed by atoms with Crippen molar-refractivity contribution in [3.63, 3.8) is 0 Å². The second-order valence-electron chi connectivity index (χ2n) is 3.73. The molecule has 0 spiro atoms. The maximum absolute atomic E-state index is 12.4. The van der Waals surface area contributed by atoms with Gasteiger partial charge in [-0.05, 0) is 24.6 Å². The fourth-order valence-corrected chi connectivity index (χ4v) is 1.50. The van der Waals surface area contributed by atoms with E-state index in [-0.39, 0.29) is 17.3 Å². The molecule has 1 aromatic rings. The minimum Gasteiger partial charge on any atom is -0.461 e. The summed E-state index contributed by atoms with van der Waals surface area (Å²) in [6.45, 7) is 5.42. The second kappa shape index (κ2) is 6.51. The second-order valence-corrected chi connectivity index (χ2v) is 4.14. The Labute approximate surface area is 119 Å². The number of rotatable bonds is 3. The molecule has 0 aromatic heterocycles. The third kappa shape index (κ3) is 4.34. The van der Waals surface area contributed by atoms with Gasteiger partial charge in [0.1, 0.15) is 0 Å². The van der Waals surface area contributed by atoms with Crippen molar-refractivity contribution in [1.82, 2.24) is 5.32 Å². The predicted molar refractivity (Wildman–Crippen MR) is 72.8 cm³/mol.